The van der Waals surface area contributed by atoms with Crippen LogP contribution in [0.15, 0.2) is 102 Å². The van der Waals surface area contributed by atoms with E-state index in [0.29, 0.717) is 22.0 Å². The highest BCUT2D eigenvalue weighted by atomic mass is 35.5. The molecule has 4 aromatic rings. The fourth-order valence-electron chi connectivity index (χ4n) is 4.83. The molecule has 0 saturated heterocycles. The molecule has 0 aliphatic heterocycles. The summed E-state index contributed by atoms with van der Waals surface area (Å²) in [4.78, 5) is 29.9. The molecule has 1 N–H and O–H groups in total. The quantitative estimate of drug-likeness (QED) is 0.155. The molecule has 46 heavy (non-hydrogen) atoms. The van der Waals surface area contributed by atoms with Crippen molar-refractivity contribution in [3.8, 4) is 0 Å². The number of benzene rings is 4. The van der Waals surface area contributed by atoms with Gasteiger partial charge in [0, 0.05) is 29.1 Å². The number of hydrogen-bond donors (Lipinski definition) is 1. The molecule has 0 bridgehead atoms. The Balaban J connectivity index is 1.84. The molecule has 11 heteroatoms. The Bertz CT molecular complexity index is 1770. The van der Waals surface area contributed by atoms with Gasteiger partial charge in [0.05, 0.1) is 15.6 Å². The van der Waals surface area contributed by atoms with Crippen LogP contribution in [0.2, 0.25) is 15.1 Å². The van der Waals surface area contributed by atoms with Crippen LogP contribution in [0, 0.1) is 6.92 Å². The molecule has 7 nitrogen and oxygen atoms in total. The molecule has 0 saturated carbocycles. The van der Waals surface area contributed by atoms with Crippen LogP contribution in [0.1, 0.15) is 37.0 Å². The highest BCUT2D eigenvalue weighted by molar-refractivity contribution is 7.92. The van der Waals surface area contributed by atoms with E-state index in [9.17, 15) is 18.0 Å². The molecule has 0 heterocycles. The van der Waals surface area contributed by atoms with Gasteiger partial charge in [-0.25, -0.2) is 8.42 Å². The Morgan fingerprint density at radius 2 is 1.50 bits per heavy atom. The lowest BCUT2D eigenvalue weighted by molar-refractivity contribution is -0.140. The summed E-state index contributed by atoms with van der Waals surface area (Å²) in [6.45, 7) is 4.97. The van der Waals surface area contributed by atoms with Gasteiger partial charge < -0.3 is 10.2 Å². The van der Waals surface area contributed by atoms with Crippen molar-refractivity contribution in [2.24, 2.45) is 0 Å². The molecule has 4 aromatic carbocycles. The number of hydrogen-bond acceptors (Lipinski definition) is 4. The molecular weight excluding hydrogens is 665 g/mol. The summed E-state index contributed by atoms with van der Waals surface area (Å²) < 4.78 is 29.3. The molecule has 0 aliphatic carbocycles. The molecule has 2 atom stereocenters. The minimum atomic E-state index is -4.28. The van der Waals surface area contributed by atoms with E-state index >= 15 is 0 Å². The minimum Gasteiger partial charge on any atom is -0.352 e. The van der Waals surface area contributed by atoms with Crippen molar-refractivity contribution in [1.29, 1.82) is 0 Å². The second kappa shape index (κ2) is 15.8. The standard InChI is InChI=1S/C35H36Cl3N3O4S/c1-4-25(3)39-35(43)33(20-26-10-6-5-7-11-26)40(22-27-16-17-28(36)21-31(27)38)34(42)23-41(32-13-9-8-12-30(32)37)46(44,45)29-18-14-24(2)15-19-29/h5-19,21,25,33H,4,20,22-23H2,1-3H3,(H,39,43)/t25-,33+/m1/s1. The summed E-state index contributed by atoms with van der Waals surface area (Å²) >= 11 is 19.3. The van der Waals surface area contributed by atoms with Gasteiger partial charge in [-0.3, -0.25) is 13.9 Å². The summed E-state index contributed by atoms with van der Waals surface area (Å²) in [6.07, 6.45) is 0.854. The maximum atomic E-state index is 14.6. The first-order chi connectivity index (χ1) is 21.9. The molecule has 2 amide bonds. The average molecular weight is 701 g/mol. The Morgan fingerprint density at radius 1 is 0.848 bits per heavy atom. The Kier molecular flexibility index (Phi) is 12.1. The van der Waals surface area contributed by atoms with Crippen LogP contribution in [-0.2, 0) is 32.6 Å². The third kappa shape index (κ3) is 8.82. The summed E-state index contributed by atoms with van der Waals surface area (Å²) in [5.74, 6) is -0.996. The molecule has 0 radical (unpaired) electrons. The van der Waals surface area contributed by atoms with Crippen molar-refractivity contribution < 1.29 is 18.0 Å². The number of halogens is 3. The average Bonchev–Trinajstić information content (AvgIpc) is 3.03. The third-order valence-corrected chi connectivity index (χ3v) is 10.3. The van der Waals surface area contributed by atoms with E-state index in [1.807, 2.05) is 51.1 Å². The van der Waals surface area contributed by atoms with Crippen LogP contribution >= 0.6 is 34.8 Å². The number of carbonyl (C=O) groups is 2. The van der Waals surface area contributed by atoms with Gasteiger partial charge in [0.25, 0.3) is 10.0 Å². The Morgan fingerprint density at radius 3 is 2.13 bits per heavy atom. The maximum Gasteiger partial charge on any atom is 0.264 e. The van der Waals surface area contributed by atoms with E-state index in [1.54, 1.807) is 54.6 Å². The highest BCUT2D eigenvalue weighted by Gasteiger charge is 2.35. The van der Waals surface area contributed by atoms with Crippen LogP contribution in [0.3, 0.4) is 0 Å². The number of aryl methyl sites for hydroxylation is 1. The lowest BCUT2D eigenvalue weighted by Crippen LogP contribution is -2.54. The van der Waals surface area contributed by atoms with Crippen LogP contribution in [0.25, 0.3) is 0 Å². The first kappa shape index (κ1) is 35.3. The minimum absolute atomic E-state index is 0.00605. The normalized spacial score (nSPS) is 12.7. The van der Waals surface area contributed by atoms with Gasteiger partial charge in [-0.05, 0) is 67.8 Å². The van der Waals surface area contributed by atoms with Crippen LogP contribution in [0.4, 0.5) is 5.69 Å². The summed E-state index contributed by atoms with van der Waals surface area (Å²) in [5.41, 5.74) is 2.37. The summed E-state index contributed by atoms with van der Waals surface area (Å²) in [6, 6.07) is 25.8. The second-order valence-corrected chi connectivity index (χ2v) is 14.2. The van der Waals surface area contributed by atoms with Gasteiger partial charge >= 0.3 is 0 Å². The zero-order valence-corrected chi connectivity index (χ0v) is 28.9. The largest absolute Gasteiger partial charge is 0.352 e. The van der Waals surface area contributed by atoms with E-state index in [-0.39, 0.29) is 40.5 Å². The maximum absolute atomic E-state index is 14.6. The van der Waals surface area contributed by atoms with E-state index in [1.165, 1.54) is 17.0 Å². The smallest absolute Gasteiger partial charge is 0.264 e. The summed E-state index contributed by atoms with van der Waals surface area (Å²) in [5, 5.41) is 3.88. The van der Waals surface area contributed by atoms with E-state index in [0.717, 1.165) is 15.4 Å². The predicted octanol–water partition coefficient (Wildman–Crippen LogP) is 7.71. The SMILES string of the molecule is CC[C@@H](C)NC(=O)[C@H](Cc1ccccc1)N(Cc1ccc(Cl)cc1Cl)C(=O)CN(c1ccccc1Cl)S(=O)(=O)c1ccc(C)cc1. The molecule has 0 spiro atoms. The van der Waals surface area contributed by atoms with Gasteiger partial charge in [-0.2, -0.15) is 0 Å². The Hall–Kier alpha value is -3.56. The fraction of sp³-hybridized carbons (Fsp3) is 0.257. The molecule has 242 valence electrons. The highest BCUT2D eigenvalue weighted by Crippen LogP contribution is 2.31. The monoisotopic (exact) mass is 699 g/mol. The van der Waals surface area contributed by atoms with Crippen molar-refractivity contribution in [2.45, 2.75) is 57.1 Å². The predicted molar refractivity (Wildman–Crippen MR) is 186 cm³/mol. The second-order valence-electron chi connectivity index (χ2n) is 11.1. The number of nitrogens with one attached hydrogen (secondary N) is 1. The lowest BCUT2D eigenvalue weighted by atomic mass is 10.0. The lowest BCUT2D eigenvalue weighted by Gasteiger charge is -2.34. The summed E-state index contributed by atoms with van der Waals surface area (Å²) in [7, 11) is -4.28. The zero-order chi connectivity index (χ0) is 33.4. The third-order valence-electron chi connectivity index (χ3n) is 7.64. The zero-order valence-electron chi connectivity index (χ0n) is 25.8. The fourth-order valence-corrected chi connectivity index (χ4v) is 7.02. The Labute approximate surface area is 286 Å². The van der Waals surface area contributed by atoms with Crippen molar-refractivity contribution in [3.63, 3.8) is 0 Å². The first-order valence-corrected chi connectivity index (χ1v) is 17.4. The van der Waals surface area contributed by atoms with Crippen LogP contribution < -0.4 is 9.62 Å². The number of rotatable bonds is 13. The van der Waals surface area contributed by atoms with Crippen molar-refractivity contribution in [2.75, 3.05) is 10.8 Å². The molecular formula is C35H36Cl3N3O4S. The van der Waals surface area contributed by atoms with E-state index < -0.39 is 28.5 Å². The van der Waals surface area contributed by atoms with E-state index in [2.05, 4.69) is 5.32 Å². The number of nitrogens with zero attached hydrogens (tertiary/aromatic N) is 2. The molecule has 0 aliphatic rings. The van der Waals surface area contributed by atoms with Gasteiger partial charge in [0.15, 0.2) is 0 Å². The number of anilines is 1. The van der Waals surface area contributed by atoms with Crippen molar-refractivity contribution in [1.82, 2.24) is 10.2 Å². The van der Waals surface area contributed by atoms with E-state index in [4.69, 9.17) is 34.8 Å². The van der Waals surface area contributed by atoms with Gasteiger partial charge in [0.1, 0.15) is 12.6 Å². The molecule has 0 fully saturated rings. The molecule has 0 aromatic heterocycles. The molecule has 4 rings (SSSR count). The van der Waals surface area contributed by atoms with Crippen LogP contribution in [0.5, 0.6) is 0 Å². The van der Waals surface area contributed by atoms with Crippen molar-refractivity contribution in [3.05, 3.63) is 129 Å². The topological polar surface area (TPSA) is 86.8 Å². The van der Waals surface area contributed by atoms with Gasteiger partial charge in [-0.1, -0.05) is 108 Å². The van der Waals surface area contributed by atoms with Crippen molar-refractivity contribution >= 4 is 62.3 Å². The molecule has 0 unspecified atom stereocenters. The van der Waals surface area contributed by atoms with Gasteiger partial charge in [-0.15, -0.1) is 0 Å². The number of para-hydroxylation sites is 1. The van der Waals surface area contributed by atoms with Gasteiger partial charge in [0.2, 0.25) is 11.8 Å². The van der Waals surface area contributed by atoms with Crippen LogP contribution in [-0.4, -0.2) is 43.8 Å². The number of amides is 2. The first-order valence-electron chi connectivity index (χ1n) is 14.8. The number of carbonyl (C=O) groups excluding carboxylic acids is 2. The number of sulfonamides is 1.